The normalized spacial score (nSPS) is 18.1. The van der Waals surface area contributed by atoms with Crippen LogP contribution < -0.4 is 0 Å². The molecule has 1 unspecified atom stereocenters. The van der Waals surface area contributed by atoms with Crippen LogP contribution in [0.1, 0.15) is 28.3 Å². The molecule has 3 rings (SSSR count). The minimum atomic E-state index is 0.491. The predicted octanol–water partition coefficient (Wildman–Crippen LogP) is 3.44. The van der Waals surface area contributed by atoms with Gasteiger partial charge in [0.05, 0.1) is 0 Å². The van der Waals surface area contributed by atoms with Gasteiger partial charge in [0.1, 0.15) is 0 Å². The van der Waals surface area contributed by atoms with Crippen molar-refractivity contribution >= 4 is 0 Å². The maximum atomic E-state index is 2.33. The molecule has 0 aliphatic heterocycles. The molecule has 1 heteroatoms. The second kappa shape index (κ2) is 4.58. The van der Waals surface area contributed by atoms with Crippen molar-refractivity contribution in [3.63, 3.8) is 0 Å². The molecular weight excluding hydrogens is 218 g/mol. The molecule has 0 amide bonds. The van der Waals surface area contributed by atoms with Crippen molar-refractivity contribution in [2.45, 2.75) is 18.9 Å². The number of rotatable bonds is 1. The van der Waals surface area contributed by atoms with Gasteiger partial charge in [-0.05, 0) is 49.2 Å². The Balaban J connectivity index is 2.14. The first-order chi connectivity index (χ1) is 8.75. The Labute approximate surface area is 109 Å². The number of nitrogens with zero attached hydrogens (tertiary/aromatic N) is 1. The maximum Gasteiger partial charge on any atom is 0.0385 e. The standard InChI is InChI=1S/C17H19N/c1-18(2)17-12-14-8-4-3-7-13(14)11-15-9-5-6-10-16(15)17/h3-10,17H,11-12H2,1-2H3. The van der Waals surface area contributed by atoms with E-state index in [9.17, 15) is 0 Å². The van der Waals surface area contributed by atoms with Gasteiger partial charge in [0.2, 0.25) is 0 Å². The molecule has 2 aromatic carbocycles. The molecule has 0 radical (unpaired) electrons. The van der Waals surface area contributed by atoms with Crippen molar-refractivity contribution in [2.24, 2.45) is 0 Å². The molecule has 1 aliphatic rings. The second-order valence-electron chi connectivity index (χ2n) is 5.33. The van der Waals surface area contributed by atoms with Crippen LogP contribution in [0.2, 0.25) is 0 Å². The quantitative estimate of drug-likeness (QED) is 0.734. The van der Waals surface area contributed by atoms with Crippen molar-refractivity contribution < 1.29 is 0 Å². The first-order valence-electron chi connectivity index (χ1n) is 6.56. The highest BCUT2D eigenvalue weighted by Crippen LogP contribution is 2.32. The van der Waals surface area contributed by atoms with Gasteiger partial charge in [0, 0.05) is 6.04 Å². The molecule has 0 fully saturated rings. The number of hydrogen-bond donors (Lipinski definition) is 0. The average molecular weight is 237 g/mol. The molecular formula is C17H19N. The Kier molecular flexibility index (Phi) is 2.92. The van der Waals surface area contributed by atoms with Crippen molar-refractivity contribution in [2.75, 3.05) is 14.1 Å². The van der Waals surface area contributed by atoms with E-state index in [4.69, 9.17) is 0 Å². The van der Waals surface area contributed by atoms with E-state index < -0.39 is 0 Å². The molecule has 0 aromatic heterocycles. The van der Waals surface area contributed by atoms with E-state index in [1.165, 1.54) is 22.3 Å². The Hall–Kier alpha value is -1.60. The fourth-order valence-corrected chi connectivity index (χ4v) is 2.93. The summed E-state index contributed by atoms with van der Waals surface area (Å²) in [6, 6.07) is 18.2. The summed E-state index contributed by atoms with van der Waals surface area (Å²) in [6.45, 7) is 0. The molecule has 0 heterocycles. The van der Waals surface area contributed by atoms with Crippen molar-refractivity contribution in [1.82, 2.24) is 4.90 Å². The highest BCUT2D eigenvalue weighted by Gasteiger charge is 2.22. The second-order valence-corrected chi connectivity index (χ2v) is 5.33. The summed E-state index contributed by atoms with van der Waals surface area (Å²) in [5, 5.41) is 0. The number of fused-ring (bicyclic) bond motifs is 2. The lowest BCUT2D eigenvalue weighted by atomic mass is 9.97. The van der Waals surface area contributed by atoms with Crippen LogP contribution >= 0.6 is 0 Å². The van der Waals surface area contributed by atoms with Gasteiger partial charge in [0.15, 0.2) is 0 Å². The van der Waals surface area contributed by atoms with Crippen LogP contribution in [0.25, 0.3) is 0 Å². The monoisotopic (exact) mass is 237 g/mol. The van der Waals surface area contributed by atoms with E-state index in [2.05, 4.69) is 67.5 Å². The zero-order chi connectivity index (χ0) is 12.5. The van der Waals surface area contributed by atoms with Crippen LogP contribution in [-0.2, 0) is 12.8 Å². The first-order valence-corrected chi connectivity index (χ1v) is 6.56. The largest absolute Gasteiger partial charge is 0.302 e. The molecule has 1 atom stereocenters. The summed E-state index contributed by atoms with van der Waals surface area (Å²) in [5.41, 5.74) is 5.93. The fraction of sp³-hybridized carbons (Fsp3) is 0.294. The zero-order valence-electron chi connectivity index (χ0n) is 11.1. The van der Waals surface area contributed by atoms with E-state index in [0.29, 0.717) is 6.04 Å². The van der Waals surface area contributed by atoms with Gasteiger partial charge in [-0.3, -0.25) is 0 Å². The summed E-state index contributed by atoms with van der Waals surface area (Å²) >= 11 is 0. The SMILES string of the molecule is CN(C)C1Cc2ccccc2Cc2ccccc21. The number of hydrogen-bond acceptors (Lipinski definition) is 1. The van der Waals surface area contributed by atoms with Gasteiger partial charge < -0.3 is 4.90 Å². The Bertz CT molecular complexity index is 557. The molecule has 1 aliphatic carbocycles. The maximum absolute atomic E-state index is 2.33. The Morgan fingerprint density at radius 2 is 1.44 bits per heavy atom. The summed E-state index contributed by atoms with van der Waals surface area (Å²) < 4.78 is 0. The Morgan fingerprint density at radius 3 is 2.17 bits per heavy atom. The smallest absolute Gasteiger partial charge is 0.0385 e. The lowest BCUT2D eigenvalue weighted by Gasteiger charge is -2.25. The van der Waals surface area contributed by atoms with Crippen LogP contribution in [0.5, 0.6) is 0 Å². The zero-order valence-corrected chi connectivity index (χ0v) is 11.1. The molecule has 1 nitrogen and oxygen atoms in total. The van der Waals surface area contributed by atoms with Crippen LogP contribution in [0, 0.1) is 0 Å². The van der Waals surface area contributed by atoms with E-state index in [1.807, 2.05) is 0 Å². The molecule has 2 aromatic rings. The minimum Gasteiger partial charge on any atom is -0.302 e. The van der Waals surface area contributed by atoms with Gasteiger partial charge in [-0.2, -0.15) is 0 Å². The number of likely N-dealkylation sites (N-methyl/N-ethyl adjacent to an activating group) is 1. The Morgan fingerprint density at radius 1 is 0.833 bits per heavy atom. The lowest BCUT2D eigenvalue weighted by molar-refractivity contribution is 0.298. The summed E-state index contributed by atoms with van der Waals surface area (Å²) in [5.74, 6) is 0. The molecule has 0 saturated carbocycles. The molecule has 0 N–H and O–H groups in total. The predicted molar refractivity (Wildman–Crippen MR) is 75.8 cm³/mol. The summed E-state index contributed by atoms with van der Waals surface area (Å²) in [7, 11) is 4.35. The molecule has 0 bridgehead atoms. The van der Waals surface area contributed by atoms with Crippen molar-refractivity contribution in [1.29, 1.82) is 0 Å². The van der Waals surface area contributed by atoms with E-state index >= 15 is 0 Å². The van der Waals surface area contributed by atoms with Crippen LogP contribution in [0.15, 0.2) is 48.5 Å². The minimum absolute atomic E-state index is 0.491. The van der Waals surface area contributed by atoms with Gasteiger partial charge in [-0.25, -0.2) is 0 Å². The fourth-order valence-electron chi connectivity index (χ4n) is 2.93. The van der Waals surface area contributed by atoms with Crippen LogP contribution in [0.4, 0.5) is 0 Å². The van der Waals surface area contributed by atoms with Gasteiger partial charge in [0.25, 0.3) is 0 Å². The highest BCUT2D eigenvalue weighted by molar-refractivity contribution is 5.42. The van der Waals surface area contributed by atoms with Gasteiger partial charge in [-0.15, -0.1) is 0 Å². The lowest BCUT2D eigenvalue weighted by Crippen LogP contribution is -2.22. The first kappa shape index (κ1) is 11.5. The van der Waals surface area contributed by atoms with Gasteiger partial charge >= 0.3 is 0 Å². The molecule has 0 spiro atoms. The van der Waals surface area contributed by atoms with E-state index in [1.54, 1.807) is 0 Å². The van der Waals surface area contributed by atoms with E-state index in [0.717, 1.165) is 12.8 Å². The third-order valence-electron chi connectivity index (χ3n) is 3.95. The summed E-state index contributed by atoms with van der Waals surface area (Å²) in [6.07, 6.45) is 2.18. The molecule has 0 saturated heterocycles. The number of benzene rings is 2. The third kappa shape index (κ3) is 1.95. The van der Waals surface area contributed by atoms with E-state index in [-0.39, 0.29) is 0 Å². The highest BCUT2D eigenvalue weighted by atomic mass is 15.1. The average Bonchev–Trinajstić information content (AvgIpc) is 2.55. The molecule has 92 valence electrons. The van der Waals surface area contributed by atoms with Gasteiger partial charge in [-0.1, -0.05) is 48.5 Å². The third-order valence-corrected chi connectivity index (χ3v) is 3.95. The summed E-state index contributed by atoms with van der Waals surface area (Å²) in [4.78, 5) is 2.33. The molecule has 18 heavy (non-hydrogen) atoms. The topological polar surface area (TPSA) is 3.24 Å². The van der Waals surface area contributed by atoms with Crippen LogP contribution in [0.3, 0.4) is 0 Å². The van der Waals surface area contributed by atoms with Crippen LogP contribution in [-0.4, -0.2) is 19.0 Å². The van der Waals surface area contributed by atoms with Crippen molar-refractivity contribution in [3.8, 4) is 0 Å². The van der Waals surface area contributed by atoms with Crippen molar-refractivity contribution in [3.05, 3.63) is 70.8 Å².